The Morgan fingerprint density at radius 1 is 1.50 bits per heavy atom. The summed E-state index contributed by atoms with van der Waals surface area (Å²) in [7, 11) is 0. The first-order chi connectivity index (χ1) is 5.55. The van der Waals surface area contributed by atoms with Gasteiger partial charge in [-0.2, -0.15) is 0 Å². The Bertz CT molecular complexity index is 198. The quantitative estimate of drug-likeness (QED) is 0.440. The summed E-state index contributed by atoms with van der Waals surface area (Å²) >= 11 is 0. The van der Waals surface area contributed by atoms with Gasteiger partial charge in [0.1, 0.15) is 0 Å². The summed E-state index contributed by atoms with van der Waals surface area (Å²) in [6, 6.07) is 0. The standard InChI is InChI=1S/C10H16O2/c1-4-8-5-10(7-11-10)6-9(2,3)12-8/h4,8H,1,5-7H2,2-3H3/t8-,10-/m1/s1. The van der Waals surface area contributed by atoms with Gasteiger partial charge >= 0.3 is 0 Å². The van der Waals surface area contributed by atoms with Gasteiger partial charge < -0.3 is 9.47 Å². The second kappa shape index (κ2) is 2.33. The summed E-state index contributed by atoms with van der Waals surface area (Å²) in [6.07, 6.45) is 4.06. The second-order valence-electron chi connectivity index (χ2n) is 4.50. The van der Waals surface area contributed by atoms with Gasteiger partial charge in [0.2, 0.25) is 0 Å². The first-order valence-corrected chi connectivity index (χ1v) is 4.50. The lowest BCUT2D eigenvalue weighted by Crippen LogP contribution is -2.43. The molecule has 0 aliphatic carbocycles. The number of rotatable bonds is 1. The lowest BCUT2D eigenvalue weighted by molar-refractivity contribution is -0.111. The van der Waals surface area contributed by atoms with Crippen LogP contribution in [-0.2, 0) is 9.47 Å². The van der Waals surface area contributed by atoms with Crippen molar-refractivity contribution in [2.24, 2.45) is 0 Å². The van der Waals surface area contributed by atoms with E-state index in [0.717, 1.165) is 19.4 Å². The number of hydrogen-bond donors (Lipinski definition) is 0. The molecule has 0 radical (unpaired) electrons. The van der Waals surface area contributed by atoms with Crippen LogP contribution in [0.1, 0.15) is 26.7 Å². The molecule has 0 N–H and O–H groups in total. The highest BCUT2D eigenvalue weighted by atomic mass is 16.6. The SMILES string of the molecule is C=C[C@@H]1C[C@]2(CO2)CC(C)(C)O1. The van der Waals surface area contributed by atoms with Crippen LogP contribution in [0, 0.1) is 0 Å². The third kappa shape index (κ3) is 1.41. The van der Waals surface area contributed by atoms with Gasteiger partial charge in [-0.1, -0.05) is 6.08 Å². The Morgan fingerprint density at radius 3 is 2.67 bits per heavy atom. The van der Waals surface area contributed by atoms with Gasteiger partial charge in [-0.3, -0.25) is 0 Å². The van der Waals surface area contributed by atoms with E-state index in [1.165, 1.54) is 0 Å². The minimum Gasteiger partial charge on any atom is -0.369 e. The topological polar surface area (TPSA) is 21.8 Å². The molecule has 2 aliphatic heterocycles. The maximum Gasteiger partial charge on any atom is 0.0971 e. The summed E-state index contributed by atoms with van der Waals surface area (Å²) in [5.41, 5.74) is 0.0915. The molecule has 2 fully saturated rings. The average Bonchev–Trinajstić information content (AvgIpc) is 2.65. The molecule has 0 saturated carbocycles. The molecule has 0 amide bonds. The zero-order chi connectivity index (χ0) is 8.82. The van der Waals surface area contributed by atoms with Crippen LogP contribution in [0.2, 0.25) is 0 Å². The Balaban J connectivity index is 2.10. The fourth-order valence-electron chi connectivity index (χ4n) is 2.16. The minimum atomic E-state index is -0.0480. The average molecular weight is 168 g/mol. The normalized spacial score (nSPS) is 44.3. The molecule has 2 aliphatic rings. The largest absolute Gasteiger partial charge is 0.369 e. The van der Waals surface area contributed by atoms with Gasteiger partial charge in [0, 0.05) is 12.8 Å². The number of ether oxygens (including phenoxy) is 2. The predicted molar refractivity (Wildman–Crippen MR) is 47.1 cm³/mol. The highest BCUT2D eigenvalue weighted by Gasteiger charge is 2.53. The van der Waals surface area contributed by atoms with E-state index in [-0.39, 0.29) is 17.3 Å². The molecule has 2 heteroatoms. The Kier molecular flexibility index (Phi) is 1.61. The highest BCUT2D eigenvalue weighted by molar-refractivity contribution is 5.05. The maximum absolute atomic E-state index is 5.80. The van der Waals surface area contributed by atoms with Crippen molar-refractivity contribution in [3.63, 3.8) is 0 Å². The molecule has 2 rings (SSSR count). The van der Waals surface area contributed by atoms with Gasteiger partial charge in [-0.05, 0) is 13.8 Å². The predicted octanol–water partition coefficient (Wildman–Crippen LogP) is 1.90. The van der Waals surface area contributed by atoms with Gasteiger partial charge in [-0.15, -0.1) is 6.58 Å². The molecule has 0 aromatic heterocycles. The second-order valence-corrected chi connectivity index (χ2v) is 4.50. The molecule has 12 heavy (non-hydrogen) atoms. The molecule has 2 heterocycles. The lowest BCUT2D eigenvalue weighted by atomic mass is 9.86. The Hall–Kier alpha value is -0.340. The van der Waals surface area contributed by atoms with Crippen molar-refractivity contribution in [3.8, 4) is 0 Å². The molecular weight excluding hydrogens is 152 g/mol. The first-order valence-electron chi connectivity index (χ1n) is 4.50. The number of hydrogen-bond acceptors (Lipinski definition) is 2. The minimum absolute atomic E-state index is 0.0480. The van der Waals surface area contributed by atoms with E-state index >= 15 is 0 Å². The molecule has 68 valence electrons. The Morgan fingerprint density at radius 2 is 2.17 bits per heavy atom. The van der Waals surface area contributed by atoms with Crippen molar-refractivity contribution in [3.05, 3.63) is 12.7 Å². The van der Waals surface area contributed by atoms with Crippen LogP contribution < -0.4 is 0 Å². The van der Waals surface area contributed by atoms with E-state index in [1.54, 1.807) is 0 Å². The fraction of sp³-hybridized carbons (Fsp3) is 0.800. The van der Waals surface area contributed by atoms with Crippen LogP contribution in [-0.4, -0.2) is 23.9 Å². The van der Waals surface area contributed by atoms with Crippen LogP contribution in [0.5, 0.6) is 0 Å². The summed E-state index contributed by atoms with van der Waals surface area (Å²) in [5.74, 6) is 0. The zero-order valence-corrected chi connectivity index (χ0v) is 7.80. The van der Waals surface area contributed by atoms with Crippen molar-refractivity contribution in [2.75, 3.05) is 6.61 Å². The Labute approximate surface area is 73.5 Å². The molecule has 2 nitrogen and oxygen atoms in total. The van der Waals surface area contributed by atoms with Crippen LogP contribution in [0.15, 0.2) is 12.7 Å². The van der Waals surface area contributed by atoms with Gasteiger partial charge in [0.05, 0.1) is 23.9 Å². The van der Waals surface area contributed by atoms with Crippen LogP contribution in [0.3, 0.4) is 0 Å². The zero-order valence-electron chi connectivity index (χ0n) is 7.80. The van der Waals surface area contributed by atoms with E-state index < -0.39 is 0 Å². The summed E-state index contributed by atoms with van der Waals surface area (Å²) in [5, 5.41) is 0. The van der Waals surface area contributed by atoms with E-state index in [1.807, 2.05) is 6.08 Å². The van der Waals surface area contributed by atoms with E-state index in [2.05, 4.69) is 20.4 Å². The smallest absolute Gasteiger partial charge is 0.0971 e. The summed E-state index contributed by atoms with van der Waals surface area (Å²) in [4.78, 5) is 0. The molecule has 0 unspecified atom stereocenters. The summed E-state index contributed by atoms with van der Waals surface area (Å²) in [6.45, 7) is 8.90. The van der Waals surface area contributed by atoms with E-state index in [0.29, 0.717) is 0 Å². The third-order valence-corrected chi connectivity index (χ3v) is 2.61. The van der Waals surface area contributed by atoms with Crippen LogP contribution in [0.25, 0.3) is 0 Å². The van der Waals surface area contributed by atoms with Gasteiger partial charge in [-0.25, -0.2) is 0 Å². The molecule has 1 spiro atoms. The van der Waals surface area contributed by atoms with Crippen molar-refractivity contribution >= 4 is 0 Å². The van der Waals surface area contributed by atoms with E-state index in [4.69, 9.17) is 9.47 Å². The molecular formula is C10H16O2. The third-order valence-electron chi connectivity index (χ3n) is 2.61. The van der Waals surface area contributed by atoms with E-state index in [9.17, 15) is 0 Å². The van der Waals surface area contributed by atoms with Crippen molar-refractivity contribution in [1.82, 2.24) is 0 Å². The fourth-order valence-corrected chi connectivity index (χ4v) is 2.16. The molecule has 0 aromatic carbocycles. The van der Waals surface area contributed by atoms with Gasteiger partial charge in [0.25, 0.3) is 0 Å². The first kappa shape index (κ1) is 8.27. The monoisotopic (exact) mass is 168 g/mol. The molecule has 2 saturated heterocycles. The molecule has 2 atom stereocenters. The highest BCUT2D eigenvalue weighted by Crippen LogP contribution is 2.45. The maximum atomic E-state index is 5.80. The van der Waals surface area contributed by atoms with Gasteiger partial charge in [0.15, 0.2) is 0 Å². The number of epoxide rings is 1. The molecule has 0 bridgehead atoms. The summed E-state index contributed by atoms with van der Waals surface area (Å²) < 4.78 is 11.3. The molecule has 0 aromatic rings. The van der Waals surface area contributed by atoms with Crippen molar-refractivity contribution in [1.29, 1.82) is 0 Å². The van der Waals surface area contributed by atoms with Crippen LogP contribution >= 0.6 is 0 Å². The lowest BCUT2D eigenvalue weighted by Gasteiger charge is -2.38. The van der Waals surface area contributed by atoms with Crippen molar-refractivity contribution in [2.45, 2.75) is 44.0 Å². The van der Waals surface area contributed by atoms with Crippen molar-refractivity contribution < 1.29 is 9.47 Å². The van der Waals surface area contributed by atoms with Crippen LogP contribution in [0.4, 0.5) is 0 Å².